The lowest BCUT2D eigenvalue weighted by Crippen LogP contribution is -2.15. The average Bonchev–Trinajstić information content (AvgIpc) is 2.77. The van der Waals surface area contributed by atoms with Crippen LogP contribution in [0.25, 0.3) is 23.3 Å². The second kappa shape index (κ2) is 9.76. The molecule has 0 saturated carbocycles. The summed E-state index contributed by atoms with van der Waals surface area (Å²) in [5.41, 5.74) is 2.46. The van der Waals surface area contributed by atoms with Crippen molar-refractivity contribution in [3.05, 3.63) is 81.0 Å². The second-order valence-corrected chi connectivity index (χ2v) is 10.8. The van der Waals surface area contributed by atoms with Gasteiger partial charge in [-0.05, 0) is 46.9 Å². The molecule has 0 fully saturated rings. The molecule has 0 radical (unpaired) electrons. The summed E-state index contributed by atoms with van der Waals surface area (Å²) in [6, 6.07) is 11.4. The Hall–Kier alpha value is -3.90. The van der Waals surface area contributed by atoms with Gasteiger partial charge in [0, 0.05) is 28.6 Å². The molecular formula is C26H26FN3O4S. The number of sulfonamides is 1. The van der Waals surface area contributed by atoms with Crippen molar-refractivity contribution in [2.24, 2.45) is 0 Å². The van der Waals surface area contributed by atoms with Gasteiger partial charge in [-0.1, -0.05) is 39.0 Å². The minimum absolute atomic E-state index is 0.182. The molecule has 1 heterocycles. The third kappa shape index (κ3) is 6.16. The highest BCUT2D eigenvalue weighted by molar-refractivity contribution is 7.92. The van der Waals surface area contributed by atoms with Crippen LogP contribution in [-0.4, -0.2) is 26.8 Å². The van der Waals surface area contributed by atoms with Gasteiger partial charge in [-0.15, -0.1) is 0 Å². The van der Waals surface area contributed by atoms with Gasteiger partial charge in [0.1, 0.15) is 11.6 Å². The highest BCUT2D eigenvalue weighted by atomic mass is 32.2. The van der Waals surface area contributed by atoms with Crippen molar-refractivity contribution >= 4 is 27.9 Å². The van der Waals surface area contributed by atoms with Gasteiger partial charge in [0.2, 0.25) is 10.0 Å². The Labute approximate surface area is 204 Å². The number of pyridine rings is 1. The summed E-state index contributed by atoms with van der Waals surface area (Å²) in [5.74, 6) is 0.0190. The maximum absolute atomic E-state index is 13.9. The lowest BCUT2D eigenvalue weighted by Gasteiger charge is -2.24. The average molecular weight is 496 g/mol. The van der Waals surface area contributed by atoms with Crippen molar-refractivity contribution in [3.8, 4) is 22.9 Å². The van der Waals surface area contributed by atoms with E-state index in [1.54, 1.807) is 37.5 Å². The number of nitriles is 1. The van der Waals surface area contributed by atoms with E-state index in [1.165, 1.54) is 12.1 Å². The third-order valence-corrected chi connectivity index (χ3v) is 5.83. The summed E-state index contributed by atoms with van der Waals surface area (Å²) in [5, 5.41) is 9.58. The van der Waals surface area contributed by atoms with Crippen molar-refractivity contribution in [2.75, 3.05) is 18.1 Å². The van der Waals surface area contributed by atoms with Crippen molar-refractivity contribution in [1.29, 1.82) is 5.26 Å². The fraction of sp³-hybridized carbons (Fsp3) is 0.231. The molecule has 1 aromatic heterocycles. The zero-order chi connectivity index (χ0) is 26.0. The number of anilines is 1. The summed E-state index contributed by atoms with van der Waals surface area (Å²) < 4.78 is 45.0. The van der Waals surface area contributed by atoms with Gasteiger partial charge in [0.25, 0.3) is 5.56 Å². The largest absolute Gasteiger partial charge is 0.496 e. The Morgan fingerprint density at radius 1 is 1.11 bits per heavy atom. The van der Waals surface area contributed by atoms with Crippen molar-refractivity contribution in [2.45, 2.75) is 26.2 Å². The second-order valence-electron chi connectivity index (χ2n) is 9.08. The maximum Gasteiger partial charge on any atom is 0.256 e. The first-order valence-corrected chi connectivity index (χ1v) is 12.5. The number of rotatable bonds is 6. The minimum atomic E-state index is -3.48. The van der Waals surface area contributed by atoms with E-state index in [1.807, 2.05) is 26.8 Å². The Bertz CT molecular complexity index is 1510. The number of aromatic nitrogens is 1. The van der Waals surface area contributed by atoms with Crippen LogP contribution in [0.1, 0.15) is 43.0 Å². The number of hydrogen-bond acceptors (Lipinski definition) is 5. The Morgan fingerprint density at radius 2 is 1.80 bits per heavy atom. The van der Waals surface area contributed by atoms with E-state index >= 15 is 0 Å². The predicted octanol–water partition coefficient (Wildman–Crippen LogP) is 4.90. The summed E-state index contributed by atoms with van der Waals surface area (Å²) in [6.07, 6.45) is 5.48. The molecule has 3 rings (SSSR count). The SMILES string of the molecule is COc1c(/C=C/c2ccc(NS(C)(=O)=O)cc2C#N)cc(-c2cc(F)c[nH]c2=O)cc1C(C)(C)C. The van der Waals surface area contributed by atoms with E-state index in [-0.39, 0.29) is 22.2 Å². The van der Waals surface area contributed by atoms with Crippen LogP contribution in [-0.2, 0) is 15.4 Å². The van der Waals surface area contributed by atoms with Crippen LogP contribution < -0.4 is 15.0 Å². The summed E-state index contributed by atoms with van der Waals surface area (Å²) >= 11 is 0. The Morgan fingerprint density at radius 3 is 2.40 bits per heavy atom. The van der Waals surface area contributed by atoms with Crippen LogP contribution in [0.5, 0.6) is 5.75 Å². The van der Waals surface area contributed by atoms with E-state index in [2.05, 4.69) is 15.8 Å². The van der Waals surface area contributed by atoms with Gasteiger partial charge in [-0.25, -0.2) is 12.8 Å². The molecule has 3 aromatic rings. The van der Waals surface area contributed by atoms with Gasteiger partial charge in [-0.2, -0.15) is 5.26 Å². The lowest BCUT2D eigenvalue weighted by molar-refractivity contribution is 0.397. The molecule has 182 valence electrons. The normalized spacial score (nSPS) is 11.9. The summed E-state index contributed by atoms with van der Waals surface area (Å²) in [4.78, 5) is 14.8. The molecule has 2 N–H and O–H groups in total. The molecule has 7 nitrogen and oxygen atoms in total. The molecule has 0 unspecified atom stereocenters. The molecule has 0 atom stereocenters. The molecule has 0 spiro atoms. The third-order valence-electron chi connectivity index (χ3n) is 5.23. The molecule has 0 aliphatic heterocycles. The van der Waals surface area contributed by atoms with Crippen LogP contribution in [0.15, 0.2) is 47.4 Å². The van der Waals surface area contributed by atoms with Crippen LogP contribution in [0.2, 0.25) is 0 Å². The fourth-order valence-corrected chi connectivity index (χ4v) is 4.20. The number of aromatic amines is 1. The van der Waals surface area contributed by atoms with Gasteiger partial charge in [0.05, 0.1) is 25.0 Å². The maximum atomic E-state index is 13.9. The molecule has 0 aliphatic rings. The Balaban J connectivity index is 2.18. The number of benzene rings is 2. The summed E-state index contributed by atoms with van der Waals surface area (Å²) in [6.45, 7) is 6.00. The van der Waals surface area contributed by atoms with Crippen molar-refractivity contribution in [3.63, 3.8) is 0 Å². The zero-order valence-corrected chi connectivity index (χ0v) is 20.9. The monoisotopic (exact) mass is 495 g/mol. The number of hydrogen-bond donors (Lipinski definition) is 2. The number of ether oxygens (including phenoxy) is 1. The van der Waals surface area contributed by atoms with Crippen LogP contribution in [0, 0.1) is 17.1 Å². The van der Waals surface area contributed by atoms with Crippen LogP contribution in [0.4, 0.5) is 10.1 Å². The zero-order valence-electron chi connectivity index (χ0n) is 20.1. The fourth-order valence-electron chi connectivity index (χ4n) is 3.64. The van der Waals surface area contributed by atoms with E-state index in [0.717, 1.165) is 18.0 Å². The molecule has 0 amide bonds. The number of methoxy groups -OCH3 is 1. The number of nitrogens with one attached hydrogen (secondary N) is 2. The Kier molecular flexibility index (Phi) is 7.17. The lowest BCUT2D eigenvalue weighted by atomic mass is 9.83. The first kappa shape index (κ1) is 25.7. The van der Waals surface area contributed by atoms with Crippen molar-refractivity contribution < 1.29 is 17.5 Å². The number of H-pyrrole nitrogens is 1. The summed E-state index contributed by atoms with van der Waals surface area (Å²) in [7, 11) is -1.94. The van der Waals surface area contributed by atoms with Crippen LogP contribution >= 0.6 is 0 Å². The van der Waals surface area contributed by atoms with E-state index in [4.69, 9.17) is 4.74 Å². The predicted molar refractivity (Wildman–Crippen MR) is 136 cm³/mol. The smallest absolute Gasteiger partial charge is 0.256 e. The number of halogens is 1. The van der Waals surface area contributed by atoms with E-state index in [0.29, 0.717) is 22.4 Å². The van der Waals surface area contributed by atoms with Gasteiger partial charge >= 0.3 is 0 Å². The molecular weight excluding hydrogens is 469 g/mol. The highest BCUT2D eigenvalue weighted by Gasteiger charge is 2.23. The van der Waals surface area contributed by atoms with Gasteiger partial charge in [-0.3, -0.25) is 9.52 Å². The minimum Gasteiger partial charge on any atom is -0.496 e. The first-order valence-electron chi connectivity index (χ1n) is 10.6. The number of nitrogens with zero attached hydrogens (tertiary/aromatic N) is 1. The molecule has 0 bridgehead atoms. The van der Waals surface area contributed by atoms with E-state index in [9.17, 15) is 22.9 Å². The molecule has 35 heavy (non-hydrogen) atoms. The standard InChI is InChI=1S/C26H26FN3O4S/c1-26(2,3)23-12-18(22-13-20(27)15-29-25(22)31)10-17(24(23)34-4)7-6-16-8-9-21(11-19(16)14-28)30-35(5,32)33/h6-13,15,30H,1-5H3,(H,29,31)/b7-6+. The van der Waals surface area contributed by atoms with Gasteiger partial charge in [0.15, 0.2) is 0 Å². The highest BCUT2D eigenvalue weighted by Crippen LogP contribution is 2.38. The van der Waals surface area contributed by atoms with Crippen molar-refractivity contribution in [1.82, 2.24) is 4.98 Å². The first-order chi connectivity index (χ1) is 16.3. The molecule has 0 aliphatic carbocycles. The molecule has 0 saturated heterocycles. The van der Waals surface area contributed by atoms with E-state index < -0.39 is 21.4 Å². The van der Waals surface area contributed by atoms with Crippen LogP contribution in [0.3, 0.4) is 0 Å². The quantitative estimate of drug-likeness (QED) is 0.473. The van der Waals surface area contributed by atoms with Gasteiger partial charge < -0.3 is 9.72 Å². The molecule has 9 heteroatoms. The molecule has 2 aromatic carbocycles. The topological polar surface area (TPSA) is 112 Å².